The molecular formula is C24H28N4O4. The number of aryl methyl sites for hydroxylation is 1. The number of aliphatic carboxylic acids is 1. The average Bonchev–Trinajstić information content (AvgIpc) is 3.43. The van der Waals surface area contributed by atoms with Crippen LogP contribution in [-0.4, -0.2) is 39.1 Å². The molecule has 0 fully saturated rings. The van der Waals surface area contributed by atoms with Gasteiger partial charge in [0.1, 0.15) is 18.0 Å². The fourth-order valence-electron chi connectivity index (χ4n) is 4.75. The zero-order valence-electron chi connectivity index (χ0n) is 18.6. The summed E-state index contributed by atoms with van der Waals surface area (Å²) >= 11 is 0. The number of ether oxygens (including phenoxy) is 2. The van der Waals surface area contributed by atoms with Gasteiger partial charge in [0, 0.05) is 23.3 Å². The molecule has 0 aliphatic carbocycles. The molecule has 0 bridgehead atoms. The van der Waals surface area contributed by atoms with Crippen LogP contribution in [0.25, 0.3) is 10.9 Å². The lowest BCUT2D eigenvalue weighted by Gasteiger charge is -2.40. The normalized spacial score (nSPS) is 18.8. The number of rotatable bonds is 8. The number of carboxylic acids is 1. The number of benzene rings is 1. The van der Waals surface area contributed by atoms with Crippen LogP contribution in [0.1, 0.15) is 49.1 Å². The van der Waals surface area contributed by atoms with Gasteiger partial charge in [-0.05, 0) is 37.0 Å². The number of nitrogens with one attached hydrogen (secondary N) is 1. The Balaban J connectivity index is 1.81. The van der Waals surface area contributed by atoms with Crippen LogP contribution < -0.4 is 4.74 Å². The van der Waals surface area contributed by atoms with Crippen LogP contribution in [-0.2, 0) is 28.1 Å². The summed E-state index contributed by atoms with van der Waals surface area (Å²) in [4.78, 5) is 15.3. The number of hydrogen-bond donors (Lipinski definition) is 2. The van der Waals surface area contributed by atoms with Crippen molar-refractivity contribution in [3.05, 3.63) is 46.9 Å². The monoisotopic (exact) mass is 436 g/mol. The van der Waals surface area contributed by atoms with E-state index < -0.39 is 11.6 Å². The van der Waals surface area contributed by atoms with E-state index in [2.05, 4.69) is 16.2 Å². The third kappa shape index (κ3) is 3.63. The Morgan fingerprint density at radius 2 is 2.34 bits per heavy atom. The zero-order chi connectivity index (χ0) is 22.9. The molecule has 168 valence electrons. The molecule has 0 unspecified atom stereocenters. The highest BCUT2D eigenvalue weighted by Crippen LogP contribution is 2.47. The van der Waals surface area contributed by atoms with E-state index in [0.717, 1.165) is 34.1 Å². The number of nitrogens with zero attached hydrogens (tertiary/aromatic N) is 3. The number of carbonyl (C=O) groups is 1. The van der Waals surface area contributed by atoms with Crippen molar-refractivity contribution >= 4 is 16.9 Å². The SMILES string of the molecule is CC[C@H](C)[C@@]1(CC(=O)O)OCCc2c1[nH]c1c(C)c(OCCn3cccn3)cc(C#N)c21. The minimum atomic E-state index is -0.951. The smallest absolute Gasteiger partial charge is 0.306 e. The van der Waals surface area contributed by atoms with Gasteiger partial charge < -0.3 is 19.6 Å². The van der Waals surface area contributed by atoms with Crippen molar-refractivity contribution in [2.75, 3.05) is 13.2 Å². The summed E-state index contributed by atoms with van der Waals surface area (Å²) in [6, 6.07) is 5.96. The second-order valence-electron chi connectivity index (χ2n) is 8.37. The quantitative estimate of drug-likeness (QED) is 0.553. The van der Waals surface area contributed by atoms with Gasteiger partial charge in [0.2, 0.25) is 0 Å². The van der Waals surface area contributed by atoms with Crippen LogP contribution in [0.2, 0.25) is 0 Å². The number of aromatic nitrogens is 3. The molecule has 8 heteroatoms. The Labute approximate surface area is 186 Å². The van der Waals surface area contributed by atoms with Crippen LogP contribution in [0.3, 0.4) is 0 Å². The second kappa shape index (κ2) is 8.67. The van der Waals surface area contributed by atoms with Crippen molar-refractivity contribution in [2.24, 2.45) is 5.92 Å². The molecule has 2 atom stereocenters. The summed E-state index contributed by atoms with van der Waals surface area (Å²) in [5.41, 5.74) is 3.04. The number of fused-ring (bicyclic) bond motifs is 3. The molecule has 0 saturated heterocycles. The highest BCUT2D eigenvalue weighted by Gasteiger charge is 2.46. The van der Waals surface area contributed by atoms with Crippen LogP contribution in [0, 0.1) is 24.2 Å². The Morgan fingerprint density at radius 1 is 1.53 bits per heavy atom. The maximum atomic E-state index is 11.8. The summed E-state index contributed by atoms with van der Waals surface area (Å²) < 4.78 is 14.0. The molecule has 4 rings (SSSR count). The number of nitriles is 1. The van der Waals surface area contributed by atoms with Crippen LogP contribution in [0.4, 0.5) is 0 Å². The van der Waals surface area contributed by atoms with Crippen molar-refractivity contribution in [3.8, 4) is 11.8 Å². The molecule has 0 saturated carbocycles. The first-order chi connectivity index (χ1) is 15.4. The fourth-order valence-corrected chi connectivity index (χ4v) is 4.75. The van der Waals surface area contributed by atoms with Gasteiger partial charge in [0.25, 0.3) is 0 Å². The number of hydrogen-bond acceptors (Lipinski definition) is 5. The molecule has 1 aliphatic heterocycles. The summed E-state index contributed by atoms with van der Waals surface area (Å²) in [7, 11) is 0. The molecule has 32 heavy (non-hydrogen) atoms. The molecule has 2 N–H and O–H groups in total. The number of aromatic amines is 1. The Hall–Kier alpha value is -3.31. The van der Waals surface area contributed by atoms with Gasteiger partial charge in [-0.25, -0.2) is 0 Å². The molecule has 2 aromatic heterocycles. The molecule has 1 aliphatic rings. The molecule has 0 spiro atoms. The summed E-state index contributed by atoms with van der Waals surface area (Å²) in [5, 5.41) is 24.6. The molecular weight excluding hydrogens is 408 g/mol. The molecule has 3 heterocycles. The van der Waals surface area contributed by atoms with Crippen LogP contribution in [0.15, 0.2) is 24.5 Å². The molecule has 0 amide bonds. The van der Waals surface area contributed by atoms with Crippen molar-refractivity contribution < 1.29 is 19.4 Å². The standard InChI is InChI=1S/C24H28N4O4/c1-4-15(2)24(13-20(29)30)23-18(6-10-32-24)21-17(14-25)12-19(16(3)22(21)27-23)31-11-9-28-8-5-7-26-28/h5,7-8,12,15,27H,4,6,9-11,13H2,1-3H3,(H,29,30)/t15-,24+/m0/s1. The third-order valence-electron chi connectivity index (χ3n) is 6.61. The first-order valence-electron chi connectivity index (χ1n) is 11.0. The number of H-pyrrole nitrogens is 1. The Morgan fingerprint density at radius 3 is 3.00 bits per heavy atom. The largest absolute Gasteiger partial charge is 0.491 e. The third-order valence-corrected chi connectivity index (χ3v) is 6.61. The van der Waals surface area contributed by atoms with E-state index in [4.69, 9.17) is 9.47 Å². The second-order valence-corrected chi connectivity index (χ2v) is 8.37. The van der Waals surface area contributed by atoms with E-state index in [0.29, 0.717) is 37.5 Å². The van der Waals surface area contributed by atoms with E-state index in [-0.39, 0.29) is 12.3 Å². The maximum absolute atomic E-state index is 11.8. The van der Waals surface area contributed by atoms with Gasteiger partial charge in [-0.15, -0.1) is 0 Å². The number of carboxylic acid groups (broad SMARTS) is 1. The van der Waals surface area contributed by atoms with Crippen LogP contribution >= 0.6 is 0 Å². The van der Waals surface area contributed by atoms with E-state index in [1.54, 1.807) is 16.9 Å². The lowest BCUT2D eigenvalue weighted by Crippen LogP contribution is -2.43. The Kier molecular flexibility index (Phi) is 5.94. The Bertz CT molecular complexity index is 1180. The van der Waals surface area contributed by atoms with Gasteiger partial charge >= 0.3 is 5.97 Å². The minimum absolute atomic E-state index is 0.0126. The van der Waals surface area contributed by atoms with Crippen molar-refractivity contribution in [2.45, 2.75) is 52.2 Å². The molecule has 8 nitrogen and oxygen atoms in total. The topological polar surface area (TPSA) is 113 Å². The molecule has 0 radical (unpaired) electrons. The van der Waals surface area contributed by atoms with Gasteiger partial charge in [-0.2, -0.15) is 10.4 Å². The van der Waals surface area contributed by atoms with Crippen molar-refractivity contribution in [3.63, 3.8) is 0 Å². The average molecular weight is 437 g/mol. The zero-order valence-corrected chi connectivity index (χ0v) is 18.6. The predicted molar refractivity (Wildman–Crippen MR) is 119 cm³/mol. The summed E-state index contributed by atoms with van der Waals surface area (Å²) in [5.74, 6) is -0.286. The highest BCUT2D eigenvalue weighted by molar-refractivity contribution is 5.94. The lowest BCUT2D eigenvalue weighted by atomic mass is 9.77. The van der Waals surface area contributed by atoms with E-state index >= 15 is 0 Å². The fraction of sp³-hybridized carbons (Fsp3) is 0.458. The van der Waals surface area contributed by atoms with Gasteiger partial charge in [0.15, 0.2) is 0 Å². The van der Waals surface area contributed by atoms with Gasteiger partial charge in [0.05, 0.1) is 42.4 Å². The van der Waals surface area contributed by atoms with Crippen LogP contribution in [0.5, 0.6) is 5.75 Å². The van der Waals surface area contributed by atoms with Crippen molar-refractivity contribution in [1.29, 1.82) is 5.26 Å². The summed E-state index contributed by atoms with van der Waals surface area (Å²) in [6.07, 6.45) is 4.86. The lowest BCUT2D eigenvalue weighted by molar-refractivity contribution is -0.155. The van der Waals surface area contributed by atoms with E-state index in [1.807, 2.05) is 33.0 Å². The highest BCUT2D eigenvalue weighted by atomic mass is 16.5. The van der Waals surface area contributed by atoms with Crippen molar-refractivity contribution in [1.82, 2.24) is 14.8 Å². The first-order valence-corrected chi connectivity index (χ1v) is 11.0. The van der Waals surface area contributed by atoms with Gasteiger partial charge in [-0.1, -0.05) is 20.3 Å². The first kappa shape index (κ1) is 21.9. The predicted octanol–water partition coefficient (Wildman–Crippen LogP) is 3.91. The maximum Gasteiger partial charge on any atom is 0.306 e. The molecule has 1 aromatic carbocycles. The molecule has 3 aromatic rings. The minimum Gasteiger partial charge on any atom is -0.491 e. The van der Waals surface area contributed by atoms with E-state index in [9.17, 15) is 15.2 Å². The van der Waals surface area contributed by atoms with E-state index in [1.165, 1.54) is 0 Å². The summed E-state index contributed by atoms with van der Waals surface area (Å²) in [6.45, 7) is 7.44. The van der Waals surface area contributed by atoms with Gasteiger partial charge in [-0.3, -0.25) is 9.48 Å².